The van der Waals surface area contributed by atoms with Gasteiger partial charge in [-0.15, -0.1) is 0 Å². The van der Waals surface area contributed by atoms with E-state index in [1.807, 2.05) is 0 Å². The number of hydrogen-bond acceptors (Lipinski definition) is 2. The molecule has 1 N–H and O–H groups in total. The largest absolute Gasteiger partial charge is 0.391 e. The smallest absolute Gasteiger partial charge is 0.123 e. The molecule has 1 saturated heterocycles. The second kappa shape index (κ2) is 5.17. The Morgan fingerprint density at radius 2 is 2.35 bits per heavy atom. The van der Waals surface area contributed by atoms with Gasteiger partial charge in [-0.05, 0) is 49.3 Å². The lowest BCUT2D eigenvalue weighted by Crippen LogP contribution is -2.35. The molecule has 2 atom stereocenters. The fourth-order valence-corrected chi connectivity index (χ4v) is 3.70. The molecule has 17 heavy (non-hydrogen) atoms. The molecule has 1 aromatic rings. The summed E-state index contributed by atoms with van der Waals surface area (Å²) in [4.78, 5) is 0. The minimum atomic E-state index is -0.478. The van der Waals surface area contributed by atoms with Crippen LogP contribution < -0.4 is 0 Å². The third-order valence-corrected chi connectivity index (χ3v) is 5.37. The molecule has 4 heteroatoms. The first-order valence-electron chi connectivity index (χ1n) is 5.77. The van der Waals surface area contributed by atoms with E-state index >= 15 is 0 Å². The summed E-state index contributed by atoms with van der Waals surface area (Å²) in [5.74, 6) is 0.783. The summed E-state index contributed by atoms with van der Waals surface area (Å²) in [6.45, 7) is 2.07. The summed E-state index contributed by atoms with van der Waals surface area (Å²) in [6.07, 6.45) is 2.08. The van der Waals surface area contributed by atoms with Gasteiger partial charge in [-0.25, -0.2) is 4.39 Å². The van der Waals surface area contributed by atoms with E-state index < -0.39 is 6.10 Å². The molecule has 0 amide bonds. The van der Waals surface area contributed by atoms with E-state index in [0.29, 0.717) is 17.0 Å². The number of aliphatic hydroxyl groups excluding tert-OH is 1. The lowest BCUT2D eigenvalue weighted by Gasteiger charge is -2.29. The van der Waals surface area contributed by atoms with Crippen LogP contribution in [0.5, 0.6) is 0 Å². The Labute approximate surface area is 110 Å². The van der Waals surface area contributed by atoms with Gasteiger partial charge in [-0.2, -0.15) is 11.8 Å². The zero-order valence-electron chi connectivity index (χ0n) is 9.75. The highest BCUT2D eigenvalue weighted by atomic mass is 35.5. The van der Waals surface area contributed by atoms with E-state index in [0.717, 1.165) is 18.6 Å². The molecular weight excluding hydrogens is 259 g/mol. The SMILES string of the molecule is CC1(C(O)Cc2cc(F)ccc2Cl)CCCS1. The van der Waals surface area contributed by atoms with Crippen molar-refractivity contribution in [2.45, 2.75) is 37.0 Å². The Morgan fingerprint density at radius 3 is 3.00 bits per heavy atom. The first kappa shape index (κ1) is 13.2. The average molecular weight is 275 g/mol. The molecule has 0 spiro atoms. The number of benzene rings is 1. The number of thioether (sulfide) groups is 1. The fraction of sp³-hybridized carbons (Fsp3) is 0.538. The van der Waals surface area contributed by atoms with Crippen molar-refractivity contribution in [1.29, 1.82) is 0 Å². The quantitative estimate of drug-likeness (QED) is 0.908. The minimum Gasteiger partial charge on any atom is -0.391 e. The van der Waals surface area contributed by atoms with Crippen LogP contribution in [0, 0.1) is 5.82 Å². The van der Waals surface area contributed by atoms with Crippen LogP contribution in [-0.2, 0) is 6.42 Å². The van der Waals surface area contributed by atoms with E-state index in [1.165, 1.54) is 12.1 Å². The lowest BCUT2D eigenvalue weighted by atomic mass is 9.93. The van der Waals surface area contributed by atoms with E-state index in [9.17, 15) is 9.50 Å². The maximum Gasteiger partial charge on any atom is 0.123 e. The van der Waals surface area contributed by atoms with Gasteiger partial charge in [0.2, 0.25) is 0 Å². The van der Waals surface area contributed by atoms with Gasteiger partial charge >= 0.3 is 0 Å². The first-order chi connectivity index (χ1) is 8.01. The molecule has 2 unspecified atom stereocenters. The van der Waals surface area contributed by atoms with Gasteiger partial charge in [-0.1, -0.05) is 11.6 Å². The van der Waals surface area contributed by atoms with Crippen molar-refractivity contribution in [3.8, 4) is 0 Å². The van der Waals surface area contributed by atoms with Crippen molar-refractivity contribution in [3.63, 3.8) is 0 Å². The Hall–Kier alpha value is -0.250. The highest BCUT2D eigenvalue weighted by Gasteiger charge is 2.36. The maximum atomic E-state index is 13.1. The highest BCUT2D eigenvalue weighted by Crippen LogP contribution is 2.41. The number of rotatable bonds is 3. The van der Waals surface area contributed by atoms with Gasteiger partial charge in [0.1, 0.15) is 5.82 Å². The monoisotopic (exact) mass is 274 g/mol. The van der Waals surface area contributed by atoms with Crippen molar-refractivity contribution >= 4 is 23.4 Å². The molecule has 1 aliphatic rings. The summed E-state index contributed by atoms with van der Waals surface area (Å²) in [5, 5.41) is 10.8. The predicted octanol–water partition coefficient (Wildman–Crippen LogP) is 3.67. The molecule has 0 radical (unpaired) electrons. The standard InChI is InChI=1S/C13H16ClFOS/c1-13(5-2-6-17-13)12(16)8-9-7-10(15)3-4-11(9)14/h3-4,7,12,16H,2,5-6,8H2,1H3. The highest BCUT2D eigenvalue weighted by molar-refractivity contribution is 8.00. The molecular formula is C13H16ClFOS. The number of aliphatic hydroxyl groups is 1. The second-order valence-corrected chi connectivity index (χ2v) is 6.76. The second-order valence-electron chi connectivity index (χ2n) is 4.72. The molecule has 1 fully saturated rings. The molecule has 2 rings (SSSR count). The van der Waals surface area contributed by atoms with Gasteiger partial charge in [0.15, 0.2) is 0 Å². The molecule has 0 bridgehead atoms. The molecule has 1 aromatic carbocycles. The van der Waals surface area contributed by atoms with Gasteiger partial charge in [0, 0.05) is 16.2 Å². The van der Waals surface area contributed by atoms with Crippen LogP contribution >= 0.6 is 23.4 Å². The fourth-order valence-electron chi connectivity index (χ4n) is 2.19. The van der Waals surface area contributed by atoms with Crippen LogP contribution in [0.25, 0.3) is 0 Å². The first-order valence-corrected chi connectivity index (χ1v) is 7.13. The zero-order valence-corrected chi connectivity index (χ0v) is 11.3. The molecule has 1 nitrogen and oxygen atoms in total. The van der Waals surface area contributed by atoms with Crippen LogP contribution in [0.1, 0.15) is 25.3 Å². The van der Waals surface area contributed by atoms with Crippen molar-refractivity contribution in [3.05, 3.63) is 34.6 Å². The Bertz CT molecular complexity index is 404. The van der Waals surface area contributed by atoms with Crippen molar-refractivity contribution in [2.24, 2.45) is 0 Å². The van der Waals surface area contributed by atoms with Crippen LogP contribution in [0.4, 0.5) is 4.39 Å². The Balaban J connectivity index is 2.12. The summed E-state index contributed by atoms with van der Waals surface area (Å²) >= 11 is 7.80. The van der Waals surface area contributed by atoms with E-state index in [4.69, 9.17) is 11.6 Å². The molecule has 1 heterocycles. The topological polar surface area (TPSA) is 20.2 Å². The van der Waals surface area contributed by atoms with E-state index in [-0.39, 0.29) is 10.6 Å². The molecule has 0 saturated carbocycles. The Kier molecular flexibility index (Phi) is 4.01. The van der Waals surface area contributed by atoms with E-state index in [1.54, 1.807) is 17.8 Å². The van der Waals surface area contributed by atoms with Crippen LogP contribution in [-0.4, -0.2) is 21.7 Å². The zero-order chi connectivity index (χ0) is 12.5. The summed E-state index contributed by atoms with van der Waals surface area (Å²) < 4.78 is 13.0. The third-order valence-electron chi connectivity index (χ3n) is 3.38. The van der Waals surface area contributed by atoms with Crippen LogP contribution in [0.2, 0.25) is 5.02 Å². The minimum absolute atomic E-state index is 0.115. The maximum absolute atomic E-state index is 13.1. The van der Waals surface area contributed by atoms with Gasteiger partial charge in [0.25, 0.3) is 0 Å². The summed E-state index contributed by atoms with van der Waals surface area (Å²) in [6, 6.07) is 4.29. The molecule has 1 aliphatic heterocycles. The summed E-state index contributed by atoms with van der Waals surface area (Å²) in [7, 11) is 0. The molecule has 94 valence electrons. The Morgan fingerprint density at radius 1 is 1.59 bits per heavy atom. The van der Waals surface area contributed by atoms with Crippen molar-refractivity contribution < 1.29 is 9.50 Å². The number of hydrogen-bond donors (Lipinski definition) is 1. The molecule has 0 aliphatic carbocycles. The van der Waals surface area contributed by atoms with Crippen molar-refractivity contribution in [2.75, 3.05) is 5.75 Å². The average Bonchev–Trinajstić information content (AvgIpc) is 2.72. The third kappa shape index (κ3) is 2.95. The molecule has 0 aromatic heterocycles. The van der Waals surface area contributed by atoms with Gasteiger partial charge in [-0.3, -0.25) is 0 Å². The van der Waals surface area contributed by atoms with E-state index in [2.05, 4.69) is 6.92 Å². The van der Waals surface area contributed by atoms with Crippen molar-refractivity contribution in [1.82, 2.24) is 0 Å². The summed E-state index contributed by atoms with van der Waals surface area (Å²) in [5.41, 5.74) is 0.688. The van der Waals surface area contributed by atoms with Crippen LogP contribution in [0.3, 0.4) is 0 Å². The van der Waals surface area contributed by atoms with Crippen LogP contribution in [0.15, 0.2) is 18.2 Å². The number of halogens is 2. The van der Waals surface area contributed by atoms with Gasteiger partial charge in [0.05, 0.1) is 6.10 Å². The normalized spacial score (nSPS) is 26.1. The predicted molar refractivity (Wildman–Crippen MR) is 71.2 cm³/mol. The van der Waals surface area contributed by atoms with Gasteiger partial charge < -0.3 is 5.11 Å². The lowest BCUT2D eigenvalue weighted by molar-refractivity contribution is 0.133.